The molecule has 162 valence electrons. The van der Waals surface area contributed by atoms with Gasteiger partial charge < -0.3 is 9.64 Å². The summed E-state index contributed by atoms with van der Waals surface area (Å²) in [5.74, 6) is 0.781. The molecule has 2 aromatic carbocycles. The van der Waals surface area contributed by atoms with Gasteiger partial charge in [-0.1, -0.05) is 32.9 Å². The number of ether oxygens (including phenoxy) is 1. The third-order valence-electron chi connectivity index (χ3n) is 5.10. The first-order chi connectivity index (χ1) is 14.0. The predicted molar refractivity (Wildman–Crippen MR) is 120 cm³/mol. The molecule has 30 heavy (non-hydrogen) atoms. The number of fused-ring (bicyclic) bond motifs is 1. The Morgan fingerprint density at radius 1 is 1.13 bits per heavy atom. The molecule has 0 saturated heterocycles. The highest BCUT2D eigenvalue weighted by molar-refractivity contribution is 7.92. The highest BCUT2D eigenvalue weighted by Gasteiger charge is 2.38. The smallest absolute Gasteiger partial charge is 0.261 e. The minimum Gasteiger partial charge on any atom is -0.490 e. The molecule has 0 unspecified atom stereocenters. The largest absolute Gasteiger partial charge is 0.490 e. The van der Waals surface area contributed by atoms with Gasteiger partial charge >= 0.3 is 0 Å². The Morgan fingerprint density at radius 2 is 1.80 bits per heavy atom. The van der Waals surface area contributed by atoms with Crippen molar-refractivity contribution >= 4 is 27.3 Å². The van der Waals surface area contributed by atoms with Gasteiger partial charge in [0.25, 0.3) is 10.0 Å². The van der Waals surface area contributed by atoms with E-state index in [1.807, 2.05) is 46.8 Å². The molecule has 1 amide bonds. The van der Waals surface area contributed by atoms with E-state index >= 15 is 0 Å². The van der Waals surface area contributed by atoms with Crippen molar-refractivity contribution in [3.63, 3.8) is 0 Å². The quantitative estimate of drug-likeness (QED) is 0.734. The van der Waals surface area contributed by atoms with Crippen LogP contribution >= 0.6 is 0 Å². The number of carbonyl (C=O) groups excluding carboxylic acids is 1. The topological polar surface area (TPSA) is 75.7 Å². The number of carbonyl (C=O) groups is 1. The summed E-state index contributed by atoms with van der Waals surface area (Å²) in [6.07, 6.45) is 0.842. The third-order valence-corrected chi connectivity index (χ3v) is 6.50. The van der Waals surface area contributed by atoms with Crippen molar-refractivity contribution in [3.8, 4) is 5.75 Å². The molecule has 0 fully saturated rings. The van der Waals surface area contributed by atoms with E-state index in [1.165, 1.54) is 0 Å². The second-order valence-electron chi connectivity index (χ2n) is 8.77. The van der Waals surface area contributed by atoms with E-state index in [2.05, 4.69) is 4.72 Å². The zero-order chi connectivity index (χ0) is 22.1. The van der Waals surface area contributed by atoms with Crippen LogP contribution in [0.4, 0.5) is 11.4 Å². The van der Waals surface area contributed by atoms with Crippen LogP contribution in [0, 0.1) is 11.3 Å². The van der Waals surface area contributed by atoms with Gasteiger partial charge in [-0.05, 0) is 62.1 Å². The summed E-state index contributed by atoms with van der Waals surface area (Å²) in [7, 11) is -3.75. The Kier molecular flexibility index (Phi) is 6.13. The van der Waals surface area contributed by atoms with Gasteiger partial charge in [-0.25, -0.2) is 8.42 Å². The summed E-state index contributed by atoms with van der Waals surface area (Å²) >= 11 is 0. The Balaban J connectivity index is 1.96. The highest BCUT2D eigenvalue weighted by atomic mass is 32.2. The van der Waals surface area contributed by atoms with Crippen LogP contribution in [0.1, 0.15) is 40.2 Å². The molecule has 3 rings (SSSR count). The van der Waals surface area contributed by atoms with E-state index in [1.54, 1.807) is 35.2 Å². The van der Waals surface area contributed by atoms with Gasteiger partial charge in [0.2, 0.25) is 5.91 Å². The second kappa shape index (κ2) is 8.30. The first-order valence-corrected chi connectivity index (χ1v) is 11.7. The normalized spacial score (nSPS) is 16.1. The van der Waals surface area contributed by atoms with E-state index < -0.39 is 15.4 Å². The van der Waals surface area contributed by atoms with Gasteiger partial charge in [-0.15, -0.1) is 0 Å². The molecular weight excluding hydrogens is 400 g/mol. The number of nitrogens with zero attached hydrogens (tertiary/aromatic N) is 1. The molecule has 1 aliphatic heterocycles. The second-order valence-corrected chi connectivity index (χ2v) is 10.5. The average Bonchev–Trinajstić information content (AvgIpc) is 2.78. The van der Waals surface area contributed by atoms with Gasteiger partial charge in [0.15, 0.2) is 0 Å². The van der Waals surface area contributed by atoms with E-state index in [-0.39, 0.29) is 23.3 Å². The Morgan fingerprint density at radius 3 is 2.40 bits per heavy atom. The van der Waals surface area contributed by atoms with Crippen LogP contribution in [0.5, 0.6) is 5.75 Å². The first kappa shape index (κ1) is 22.2. The van der Waals surface area contributed by atoms with E-state index in [9.17, 15) is 13.2 Å². The number of anilines is 2. The van der Waals surface area contributed by atoms with Crippen LogP contribution in [-0.2, 0) is 21.2 Å². The fourth-order valence-corrected chi connectivity index (χ4v) is 4.42. The van der Waals surface area contributed by atoms with Gasteiger partial charge in [0.1, 0.15) is 12.4 Å². The summed E-state index contributed by atoms with van der Waals surface area (Å²) in [6, 6.07) is 11.9. The standard InChI is InChI=1S/C23H30N2O4S/c1-6-17-7-10-19(11-8-17)30(27,28)24-18-9-12-21-20(13-18)25(14-16(2)3)22(26)23(4,5)15-29-21/h7-13,16,24H,6,14-15H2,1-5H3. The van der Waals surface area contributed by atoms with Crippen molar-refractivity contribution in [1.29, 1.82) is 0 Å². The molecule has 0 aliphatic carbocycles. The van der Waals surface area contributed by atoms with E-state index in [4.69, 9.17) is 4.74 Å². The maximum absolute atomic E-state index is 13.2. The molecule has 6 nitrogen and oxygen atoms in total. The Labute approximate surface area is 179 Å². The fourth-order valence-electron chi connectivity index (χ4n) is 3.37. The van der Waals surface area contributed by atoms with Crippen LogP contribution < -0.4 is 14.4 Å². The Bertz CT molecular complexity index is 1030. The Hall–Kier alpha value is -2.54. The third kappa shape index (κ3) is 4.61. The van der Waals surface area contributed by atoms with Crippen molar-refractivity contribution in [3.05, 3.63) is 48.0 Å². The zero-order valence-corrected chi connectivity index (χ0v) is 19.0. The van der Waals surface area contributed by atoms with Crippen LogP contribution in [0.25, 0.3) is 0 Å². The number of rotatable bonds is 6. The molecule has 0 bridgehead atoms. The summed E-state index contributed by atoms with van der Waals surface area (Å²) in [5, 5.41) is 0. The molecule has 0 radical (unpaired) electrons. The van der Waals surface area contributed by atoms with Crippen LogP contribution in [-0.4, -0.2) is 27.5 Å². The molecule has 1 heterocycles. The minimum atomic E-state index is -3.75. The van der Waals surface area contributed by atoms with Crippen molar-refractivity contribution in [2.45, 2.75) is 45.9 Å². The molecule has 2 aromatic rings. The van der Waals surface area contributed by atoms with Crippen molar-refractivity contribution in [1.82, 2.24) is 0 Å². The molecule has 0 spiro atoms. The SMILES string of the molecule is CCc1ccc(S(=O)(=O)Nc2ccc3c(c2)N(CC(C)C)C(=O)C(C)(C)CO3)cc1. The molecule has 1 aliphatic rings. The average molecular weight is 431 g/mol. The lowest BCUT2D eigenvalue weighted by molar-refractivity contribution is -0.127. The fraction of sp³-hybridized carbons (Fsp3) is 0.435. The lowest BCUT2D eigenvalue weighted by atomic mass is 9.92. The van der Waals surface area contributed by atoms with Gasteiger partial charge in [-0.2, -0.15) is 0 Å². The number of amides is 1. The molecule has 1 N–H and O–H groups in total. The lowest BCUT2D eigenvalue weighted by Crippen LogP contribution is -2.43. The van der Waals surface area contributed by atoms with Gasteiger partial charge in [0, 0.05) is 6.54 Å². The van der Waals surface area contributed by atoms with E-state index in [0.29, 0.717) is 23.7 Å². The number of aryl methyl sites for hydroxylation is 1. The number of hydrogen-bond donors (Lipinski definition) is 1. The van der Waals surface area contributed by atoms with Crippen molar-refractivity contribution in [2.75, 3.05) is 22.8 Å². The molecular formula is C23H30N2O4S. The highest BCUT2D eigenvalue weighted by Crippen LogP contribution is 2.39. The lowest BCUT2D eigenvalue weighted by Gasteiger charge is -2.29. The summed E-state index contributed by atoms with van der Waals surface area (Å²) in [5.41, 5.74) is 1.37. The van der Waals surface area contributed by atoms with Crippen LogP contribution in [0.3, 0.4) is 0 Å². The maximum Gasteiger partial charge on any atom is 0.261 e. The van der Waals surface area contributed by atoms with Crippen LogP contribution in [0.2, 0.25) is 0 Å². The van der Waals surface area contributed by atoms with Crippen molar-refractivity contribution < 1.29 is 17.9 Å². The molecule has 0 aromatic heterocycles. The number of benzene rings is 2. The summed E-state index contributed by atoms with van der Waals surface area (Å²) in [6.45, 7) is 10.6. The maximum atomic E-state index is 13.2. The summed E-state index contributed by atoms with van der Waals surface area (Å²) in [4.78, 5) is 15.1. The summed E-state index contributed by atoms with van der Waals surface area (Å²) < 4.78 is 34.2. The first-order valence-electron chi connectivity index (χ1n) is 10.2. The van der Waals surface area contributed by atoms with Gasteiger partial charge in [-0.3, -0.25) is 9.52 Å². The number of nitrogens with one attached hydrogen (secondary N) is 1. The number of sulfonamides is 1. The van der Waals surface area contributed by atoms with Crippen LogP contribution in [0.15, 0.2) is 47.4 Å². The minimum absolute atomic E-state index is 0.0369. The zero-order valence-electron chi connectivity index (χ0n) is 18.2. The number of hydrogen-bond acceptors (Lipinski definition) is 4. The molecule has 0 saturated carbocycles. The molecule has 0 atom stereocenters. The monoisotopic (exact) mass is 430 g/mol. The van der Waals surface area contributed by atoms with Gasteiger partial charge in [0.05, 0.1) is 21.7 Å². The van der Waals surface area contributed by atoms with E-state index in [0.717, 1.165) is 12.0 Å². The molecule has 7 heteroatoms. The van der Waals surface area contributed by atoms with Crippen molar-refractivity contribution in [2.24, 2.45) is 11.3 Å². The predicted octanol–water partition coefficient (Wildman–Crippen LogP) is 4.46.